The number of hydrogen-bond acceptors (Lipinski definition) is 4. The highest BCUT2D eigenvalue weighted by Gasteiger charge is 2.50. The molecule has 0 bridgehead atoms. The van der Waals surface area contributed by atoms with Gasteiger partial charge in [0.15, 0.2) is 0 Å². The lowest BCUT2D eigenvalue weighted by atomic mass is 9.98. The molecule has 0 amide bonds. The van der Waals surface area contributed by atoms with Crippen molar-refractivity contribution in [2.75, 3.05) is 6.61 Å². The molecule has 0 aromatic heterocycles. The van der Waals surface area contributed by atoms with Crippen LogP contribution in [0.1, 0.15) is 18.9 Å². The molecule has 2 atom stereocenters. The van der Waals surface area contributed by atoms with Gasteiger partial charge in [-0.05, 0) is 24.0 Å². The van der Waals surface area contributed by atoms with Crippen molar-refractivity contribution in [3.05, 3.63) is 47.7 Å². The first kappa shape index (κ1) is 17.8. The molecule has 128 valence electrons. The maximum absolute atomic E-state index is 12.4. The molecule has 0 unspecified atom stereocenters. The number of alkyl halides is 3. The van der Waals surface area contributed by atoms with Crippen LogP contribution in [0.15, 0.2) is 42.2 Å². The van der Waals surface area contributed by atoms with Gasteiger partial charge in [-0.3, -0.25) is 0 Å². The molecule has 0 N–H and O–H groups in total. The van der Waals surface area contributed by atoms with E-state index in [1.165, 1.54) is 6.08 Å². The number of benzene rings is 1. The van der Waals surface area contributed by atoms with Gasteiger partial charge in [-0.25, -0.2) is 0 Å². The normalized spacial score (nSPS) is 22.0. The fourth-order valence-corrected chi connectivity index (χ4v) is 2.83. The number of allylic oxidation sites excluding steroid dienone is 1. The maximum atomic E-state index is 12.4. The molecule has 4 nitrogen and oxygen atoms in total. The van der Waals surface area contributed by atoms with Crippen molar-refractivity contribution in [3.63, 3.8) is 0 Å². The van der Waals surface area contributed by atoms with Crippen LogP contribution in [0.25, 0.3) is 0 Å². The summed E-state index contributed by atoms with van der Waals surface area (Å²) in [5, 5.41) is 0. The Morgan fingerprint density at radius 2 is 1.87 bits per heavy atom. The lowest BCUT2D eigenvalue weighted by Gasteiger charge is -2.20. The Kier molecular flexibility index (Phi) is 5.36. The first-order valence-electron chi connectivity index (χ1n) is 7.03. The minimum Gasteiger partial charge on any atom is -0.381 e. The third-order valence-electron chi connectivity index (χ3n) is 3.64. The highest BCUT2D eigenvalue weighted by atomic mass is 32.2. The molecule has 0 radical (unpaired) electrons. The lowest BCUT2D eigenvalue weighted by molar-refractivity contribution is -0.0531. The quantitative estimate of drug-likeness (QED) is 0.581. The Bertz CT molecular complexity index is 653. The van der Waals surface area contributed by atoms with Crippen molar-refractivity contribution in [2.45, 2.75) is 25.5 Å². The van der Waals surface area contributed by atoms with Gasteiger partial charge < -0.3 is 8.92 Å². The molecule has 1 aliphatic carbocycles. The van der Waals surface area contributed by atoms with Crippen LogP contribution in [0.2, 0.25) is 0 Å². The van der Waals surface area contributed by atoms with Crippen LogP contribution in [0.5, 0.6) is 0 Å². The van der Waals surface area contributed by atoms with Crippen molar-refractivity contribution in [2.24, 2.45) is 11.8 Å². The van der Waals surface area contributed by atoms with E-state index in [2.05, 4.69) is 4.18 Å². The molecular formula is C15H17F3O4S. The smallest absolute Gasteiger partial charge is 0.381 e. The predicted octanol–water partition coefficient (Wildman–Crippen LogP) is 3.61. The van der Waals surface area contributed by atoms with E-state index in [1.807, 2.05) is 37.3 Å². The molecule has 1 aliphatic rings. The molecule has 8 heteroatoms. The van der Waals surface area contributed by atoms with E-state index >= 15 is 0 Å². The van der Waals surface area contributed by atoms with Gasteiger partial charge in [0, 0.05) is 5.92 Å². The number of ether oxygens (including phenoxy) is 1. The van der Waals surface area contributed by atoms with Crippen LogP contribution in [-0.2, 0) is 25.6 Å². The van der Waals surface area contributed by atoms with Gasteiger partial charge in [0.2, 0.25) is 0 Å². The summed E-state index contributed by atoms with van der Waals surface area (Å²) in [4.78, 5) is 0. The summed E-state index contributed by atoms with van der Waals surface area (Å²) in [6, 6.07) is 9.28. The van der Waals surface area contributed by atoms with Crippen LogP contribution in [0, 0.1) is 11.8 Å². The van der Waals surface area contributed by atoms with Crippen molar-refractivity contribution in [3.8, 4) is 0 Å². The fraction of sp³-hybridized carbons (Fsp3) is 0.467. The SMILES string of the molecule is C[C@H]1CC=C(OS(=O)(=O)C(F)(F)F)[C@@H]1COCc1ccccc1. The third-order valence-corrected chi connectivity index (χ3v) is 4.62. The van der Waals surface area contributed by atoms with Crippen LogP contribution >= 0.6 is 0 Å². The highest BCUT2D eigenvalue weighted by molar-refractivity contribution is 7.87. The predicted molar refractivity (Wildman–Crippen MR) is 77.5 cm³/mol. The second kappa shape index (κ2) is 6.92. The summed E-state index contributed by atoms with van der Waals surface area (Å²) in [7, 11) is -5.64. The Hall–Kier alpha value is -1.54. The molecule has 1 aromatic rings. The lowest BCUT2D eigenvalue weighted by Crippen LogP contribution is -2.27. The molecule has 0 heterocycles. The van der Waals surface area contributed by atoms with E-state index in [0.29, 0.717) is 13.0 Å². The Morgan fingerprint density at radius 1 is 1.22 bits per heavy atom. The zero-order valence-electron chi connectivity index (χ0n) is 12.4. The van der Waals surface area contributed by atoms with E-state index in [9.17, 15) is 21.6 Å². The van der Waals surface area contributed by atoms with Crippen LogP contribution < -0.4 is 0 Å². The minimum atomic E-state index is -5.64. The second-order valence-electron chi connectivity index (χ2n) is 5.41. The van der Waals surface area contributed by atoms with Gasteiger partial charge in [0.1, 0.15) is 5.76 Å². The van der Waals surface area contributed by atoms with Gasteiger partial charge in [-0.15, -0.1) is 0 Å². The summed E-state index contributed by atoms with van der Waals surface area (Å²) < 4.78 is 69.3. The average Bonchev–Trinajstić information content (AvgIpc) is 2.79. The van der Waals surface area contributed by atoms with Crippen molar-refractivity contribution in [1.29, 1.82) is 0 Å². The first-order valence-corrected chi connectivity index (χ1v) is 8.44. The van der Waals surface area contributed by atoms with E-state index in [-0.39, 0.29) is 18.3 Å². The van der Waals surface area contributed by atoms with Crippen molar-refractivity contribution < 1.29 is 30.5 Å². The number of hydrogen-bond donors (Lipinski definition) is 0. The standard InChI is InChI=1S/C15H17F3O4S/c1-11-7-8-14(22-23(19,20)15(16,17)18)13(11)10-21-9-12-5-3-2-4-6-12/h2-6,8,11,13H,7,9-10H2,1H3/t11-,13+/m0/s1. The highest BCUT2D eigenvalue weighted by Crippen LogP contribution is 2.36. The molecule has 0 saturated heterocycles. The van der Waals surface area contributed by atoms with Gasteiger partial charge in [-0.2, -0.15) is 21.6 Å². The molecule has 1 aromatic carbocycles. The van der Waals surface area contributed by atoms with E-state index in [1.54, 1.807) is 0 Å². The first-order chi connectivity index (χ1) is 10.7. The monoisotopic (exact) mass is 350 g/mol. The van der Waals surface area contributed by atoms with Crippen LogP contribution in [0.3, 0.4) is 0 Å². The summed E-state index contributed by atoms with van der Waals surface area (Å²) >= 11 is 0. The fourth-order valence-electron chi connectivity index (χ4n) is 2.29. The van der Waals surface area contributed by atoms with Gasteiger partial charge in [0.25, 0.3) is 0 Å². The molecule has 2 rings (SSSR count). The third kappa shape index (κ3) is 4.48. The second-order valence-corrected chi connectivity index (χ2v) is 6.95. The average molecular weight is 350 g/mol. The zero-order chi connectivity index (χ0) is 17.1. The largest absolute Gasteiger partial charge is 0.534 e. The molecule has 0 fully saturated rings. The Labute approximate surface area is 133 Å². The topological polar surface area (TPSA) is 52.6 Å². The summed E-state index contributed by atoms with van der Waals surface area (Å²) in [6.07, 6.45) is 1.83. The van der Waals surface area contributed by atoms with Gasteiger partial charge in [-0.1, -0.05) is 37.3 Å². The van der Waals surface area contributed by atoms with Crippen molar-refractivity contribution in [1.82, 2.24) is 0 Å². The van der Waals surface area contributed by atoms with E-state index in [4.69, 9.17) is 4.74 Å². The number of halogens is 3. The molecular weight excluding hydrogens is 333 g/mol. The van der Waals surface area contributed by atoms with Crippen LogP contribution in [-0.4, -0.2) is 20.5 Å². The minimum absolute atomic E-state index is 0.0517. The Balaban J connectivity index is 1.96. The summed E-state index contributed by atoms with van der Waals surface area (Å²) in [5.74, 6) is -0.761. The summed E-state index contributed by atoms with van der Waals surface area (Å²) in [5.41, 5.74) is -4.51. The van der Waals surface area contributed by atoms with E-state index < -0.39 is 21.5 Å². The zero-order valence-corrected chi connectivity index (χ0v) is 13.2. The number of rotatable bonds is 6. The molecule has 0 aliphatic heterocycles. The molecule has 0 saturated carbocycles. The molecule has 23 heavy (non-hydrogen) atoms. The van der Waals surface area contributed by atoms with Gasteiger partial charge in [0.05, 0.1) is 13.2 Å². The van der Waals surface area contributed by atoms with E-state index in [0.717, 1.165) is 5.56 Å². The van der Waals surface area contributed by atoms with Gasteiger partial charge >= 0.3 is 15.6 Å². The summed E-state index contributed by atoms with van der Waals surface area (Å²) in [6.45, 7) is 2.20. The van der Waals surface area contributed by atoms with Crippen LogP contribution in [0.4, 0.5) is 13.2 Å². The Morgan fingerprint density at radius 3 is 2.48 bits per heavy atom. The maximum Gasteiger partial charge on any atom is 0.534 e. The molecule has 0 spiro atoms. The van der Waals surface area contributed by atoms with Crippen molar-refractivity contribution >= 4 is 10.1 Å².